The average Bonchev–Trinajstić information content (AvgIpc) is 3.27. The number of nitrogens with zero attached hydrogens (tertiary/aromatic N) is 3. The maximum atomic E-state index is 11.5. The van der Waals surface area contributed by atoms with E-state index >= 15 is 0 Å². The van der Waals surface area contributed by atoms with Gasteiger partial charge in [0.05, 0.1) is 10.3 Å². The van der Waals surface area contributed by atoms with Crippen LogP contribution in [0.2, 0.25) is 5.02 Å². The Balaban J connectivity index is 1.51. The zero-order chi connectivity index (χ0) is 25.3. The molecule has 0 amide bonds. The molecule has 5 aromatic rings. The molecule has 182 valence electrons. The van der Waals surface area contributed by atoms with Gasteiger partial charge >= 0.3 is 0 Å². The molecule has 2 aromatic heterocycles. The second kappa shape index (κ2) is 9.73. The Bertz CT molecular complexity index is 1650. The molecule has 9 heteroatoms. The van der Waals surface area contributed by atoms with Crippen molar-refractivity contribution in [3.05, 3.63) is 101 Å². The molecule has 7 nitrogen and oxygen atoms in total. The summed E-state index contributed by atoms with van der Waals surface area (Å²) in [7, 11) is -3.71. The molecule has 36 heavy (non-hydrogen) atoms. The van der Waals surface area contributed by atoms with Gasteiger partial charge in [-0.3, -0.25) is 0 Å². The van der Waals surface area contributed by atoms with Crippen LogP contribution in [-0.2, 0) is 16.4 Å². The van der Waals surface area contributed by atoms with Gasteiger partial charge in [-0.15, -0.1) is 0 Å². The van der Waals surface area contributed by atoms with Crippen molar-refractivity contribution in [2.45, 2.75) is 18.2 Å². The summed E-state index contributed by atoms with van der Waals surface area (Å²) in [6.45, 7) is 2.57. The number of hydrogen-bond donors (Lipinski definition) is 2. The summed E-state index contributed by atoms with van der Waals surface area (Å²) in [6.07, 6.45) is 4.28. The van der Waals surface area contributed by atoms with Crippen LogP contribution in [0.25, 0.3) is 27.8 Å². The fourth-order valence-electron chi connectivity index (χ4n) is 4.13. The van der Waals surface area contributed by atoms with E-state index in [0.29, 0.717) is 18.0 Å². The minimum Gasteiger partial charge on any atom is -0.369 e. The van der Waals surface area contributed by atoms with E-state index in [-0.39, 0.29) is 4.90 Å². The molecule has 0 fully saturated rings. The first-order chi connectivity index (χ1) is 17.3. The van der Waals surface area contributed by atoms with Crippen molar-refractivity contribution in [2.75, 3.05) is 11.9 Å². The molecule has 0 bridgehead atoms. The summed E-state index contributed by atoms with van der Waals surface area (Å²) >= 11 is 6.43. The van der Waals surface area contributed by atoms with Crippen molar-refractivity contribution >= 4 is 38.5 Å². The molecule has 5 rings (SSSR count). The van der Waals surface area contributed by atoms with E-state index in [2.05, 4.69) is 33.6 Å². The minimum absolute atomic E-state index is 0.0989. The number of rotatable bonds is 7. The lowest BCUT2D eigenvalue weighted by molar-refractivity contribution is 0.598. The van der Waals surface area contributed by atoms with E-state index in [0.717, 1.165) is 44.8 Å². The van der Waals surface area contributed by atoms with E-state index in [9.17, 15) is 8.42 Å². The molecule has 2 heterocycles. The van der Waals surface area contributed by atoms with E-state index < -0.39 is 10.0 Å². The minimum atomic E-state index is -3.71. The number of aromatic nitrogens is 3. The molecular formula is C27H24ClN5O2S. The van der Waals surface area contributed by atoms with Crippen molar-refractivity contribution in [3.8, 4) is 16.8 Å². The first kappa shape index (κ1) is 24.0. The summed E-state index contributed by atoms with van der Waals surface area (Å²) in [6, 6.07) is 22.6. The Morgan fingerprint density at radius 2 is 1.75 bits per heavy atom. The smallest absolute Gasteiger partial charge is 0.238 e. The maximum Gasteiger partial charge on any atom is 0.238 e. The molecule has 0 aliphatic rings. The quantitative estimate of drug-likeness (QED) is 0.303. The summed E-state index contributed by atoms with van der Waals surface area (Å²) in [5.41, 5.74) is 5.73. The van der Waals surface area contributed by atoms with Crippen LogP contribution in [0.4, 0.5) is 5.82 Å². The van der Waals surface area contributed by atoms with Gasteiger partial charge in [-0.1, -0.05) is 60.1 Å². The molecule has 0 saturated heterocycles. The van der Waals surface area contributed by atoms with Gasteiger partial charge in [0.2, 0.25) is 10.0 Å². The monoisotopic (exact) mass is 517 g/mol. The molecule has 0 spiro atoms. The molecule has 0 saturated carbocycles. The molecule has 0 unspecified atom stereocenters. The third-order valence-electron chi connectivity index (χ3n) is 6.06. The highest BCUT2D eigenvalue weighted by atomic mass is 35.5. The zero-order valence-corrected chi connectivity index (χ0v) is 21.1. The Kier molecular flexibility index (Phi) is 6.49. The second-order valence-electron chi connectivity index (χ2n) is 8.50. The average molecular weight is 518 g/mol. The lowest BCUT2D eigenvalue weighted by Gasteiger charge is -2.10. The van der Waals surface area contributed by atoms with Crippen LogP contribution in [0.5, 0.6) is 0 Å². The fourth-order valence-corrected chi connectivity index (χ4v) is 4.82. The largest absolute Gasteiger partial charge is 0.369 e. The van der Waals surface area contributed by atoms with Gasteiger partial charge in [0.15, 0.2) is 5.65 Å². The zero-order valence-electron chi connectivity index (χ0n) is 19.5. The number of hydrogen-bond acceptors (Lipinski definition) is 5. The lowest BCUT2D eigenvalue weighted by atomic mass is 10.1. The Morgan fingerprint density at radius 3 is 2.44 bits per heavy atom. The summed E-state index contributed by atoms with van der Waals surface area (Å²) in [5.74, 6) is 0.719. The lowest BCUT2D eigenvalue weighted by Crippen LogP contribution is -2.12. The van der Waals surface area contributed by atoms with Crippen LogP contribution in [0.1, 0.15) is 11.1 Å². The van der Waals surface area contributed by atoms with Crippen LogP contribution >= 0.6 is 11.6 Å². The Hall–Kier alpha value is -3.72. The van der Waals surface area contributed by atoms with Crippen LogP contribution in [-0.4, -0.2) is 29.5 Å². The summed E-state index contributed by atoms with van der Waals surface area (Å²) in [5, 5.41) is 10.2. The van der Waals surface area contributed by atoms with Gasteiger partial charge in [-0.05, 0) is 54.3 Å². The van der Waals surface area contributed by atoms with E-state index in [1.54, 1.807) is 18.5 Å². The predicted molar refractivity (Wildman–Crippen MR) is 144 cm³/mol. The predicted octanol–water partition coefficient (Wildman–Crippen LogP) is 5.35. The van der Waals surface area contributed by atoms with Crippen molar-refractivity contribution in [3.63, 3.8) is 0 Å². The number of primary sulfonamides is 1. The van der Waals surface area contributed by atoms with Crippen molar-refractivity contribution in [1.29, 1.82) is 0 Å². The molecule has 0 aliphatic heterocycles. The number of nitrogens with one attached hydrogen (secondary N) is 1. The topological polar surface area (TPSA) is 103 Å². The van der Waals surface area contributed by atoms with Crippen molar-refractivity contribution < 1.29 is 8.42 Å². The first-order valence-corrected chi connectivity index (χ1v) is 13.3. The van der Waals surface area contributed by atoms with Crippen LogP contribution in [0.3, 0.4) is 0 Å². The van der Waals surface area contributed by atoms with Crippen LogP contribution < -0.4 is 10.5 Å². The maximum absolute atomic E-state index is 11.5. The van der Waals surface area contributed by atoms with Crippen molar-refractivity contribution in [1.82, 2.24) is 14.5 Å². The van der Waals surface area contributed by atoms with Gasteiger partial charge in [-0.25, -0.2) is 23.5 Å². The van der Waals surface area contributed by atoms with Gasteiger partial charge < -0.3 is 9.88 Å². The SMILES string of the molecule is Cc1ccc(-n2cc(-c3ccccc3)c3c(NCCc4ccc(S(N)(=O)=O)cc4)ncnc32)cc1Cl. The third kappa shape index (κ3) is 4.83. The number of nitrogens with two attached hydrogens (primary N) is 1. The van der Waals surface area contributed by atoms with E-state index in [1.165, 1.54) is 12.1 Å². The van der Waals surface area contributed by atoms with Crippen LogP contribution in [0, 0.1) is 6.92 Å². The standard InChI is InChI=1S/C27H24ClN5O2S/c1-18-7-10-21(15-24(18)28)33-16-23(20-5-3-2-4-6-20)25-26(31-17-32-27(25)33)30-14-13-19-8-11-22(12-9-19)36(29,34)35/h2-12,15-17H,13-14H2,1H3,(H2,29,34,35)(H,30,31,32). The summed E-state index contributed by atoms with van der Waals surface area (Å²) in [4.78, 5) is 9.27. The van der Waals surface area contributed by atoms with Gasteiger partial charge in [0, 0.05) is 29.0 Å². The third-order valence-corrected chi connectivity index (χ3v) is 7.40. The highest BCUT2D eigenvalue weighted by molar-refractivity contribution is 7.89. The van der Waals surface area contributed by atoms with E-state index in [1.807, 2.05) is 47.9 Å². The highest BCUT2D eigenvalue weighted by Crippen LogP contribution is 2.35. The highest BCUT2D eigenvalue weighted by Gasteiger charge is 2.17. The van der Waals surface area contributed by atoms with Gasteiger partial charge in [-0.2, -0.15) is 0 Å². The molecule has 0 aliphatic carbocycles. The number of benzene rings is 3. The molecule has 3 aromatic carbocycles. The number of aryl methyl sites for hydroxylation is 1. The molecule has 0 radical (unpaired) electrons. The Labute approximate surface area is 214 Å². The molecule has 3 N–H and O–H groups in total. The fraction of sp³-hybridized carbons (Fsp3) is 0.111. The first-order valence-electron chi connectivity index (χ1n) is 11.3. The van der Waals surface area contributed by atoms with Gasteiger partial charge in [0.25, 0.3) is 0 Å². The van der Waals surface area contributed by atoms with Gasteiger partial charge in [0.1, 0.15) is 12.1 Å². The van der Waals surface area contributed by atoms with Crippen LogP contribution in [0.15, 0.2) is 90.2 Å². The number of halogens is 1. The Morgan fingerprint density at radius 1 is 1.00 bits per heavy atom. The number of fused-ring (bicyclic) bond motifs is 1. The normalized spacial score (nSPS) is 11.6. The summed E-state index contributed by atoms with van der Waals surface area (Å²) < 4.78 is 25.0. The second-order valence-corrected chi connectivity index (χ2v) is 10.5. The molecular weight excluding hydrogens is 494 g/mol. The van der Waals surface area contributed by atoms with E-state index in [4.69, 9.17) is 16.7 Å². The van der Waals surface area contributed by atoms with Crippen molar-refractivity contribution in [2.24, 2.45) is 5.14 Å². The number of anilines is 1. The number of sulfonamides is 1. The molecule has 0 atom stereocenters.